The molecule has 0 aromatic rings. The molecule has 2 fully saturated rings. The minimum Gasteiger partial charge on any atom is -0.480 e. The highest BCUT2D eigenvalue weighted by molar-refractivity contribution is 7.94. The lowest BCUT2D eigenvalue weighted by atomic mass is 9.96. The molecular formula is C10H13NO7S. The van der Waals surface area contributed by atoms with E-state index in [2.05, 4.69) is 4.74 Å². The Morgan fingerprint density at radius 2 is 2.11 bits per heavy atom. The second kappa shape index (κ2) is 3.92. The van der Waals surface area contributed by atoms with E-state index in [1.54, 1.807) is 0 Å². The lowest BCUT2D eigenvalue weighted by Gasteiger charge is -2.35. The van der Waals surface area contributed by atoms with Crippen LogP contribution in [-0.2, 0) is 29.0 Å². The first kappa shape index (κ1) is 13.8. The van der Waals surface area contributed by atoms with E-state index in [1.165, 1.54) is 6.92 Å². The number of carbonyl (C=O) groups is 3. The minimum absolute atomic E-state index is 0.0745. The Hall–Kier alpha value is -1.64. The molecule has 0 aliphatic carbocycles. The number of carbonyl (C=O) groups excluding carboxylic acids is 2. The fourth-order valence-electron chi connectivity index (χ4n) is 2.53. The highest BCUT2D eigenvalue weighted by atomic mass is 32.2. The van der Waals surface area contributed by atoms with Gasteiger partial charge < -0.3 is 14.7 Å². The molecule has 9 heteroatoms. The molecule has 2 heterocycles. The van der Waals surface area contributed by atoms with Crippen LogP contribution in [0.15, 0.2) is 0 Å². The van der Waals surface area contributed by atoms with E-state index in [4.69, 9.17) is 0 Å². The third-order valence-electron chi connectivity index (χ3n) is 3.61. The number of carboxylic acid groups (broad SMARTS) is 1. The van der Waals surface area contributed by atoms with Gasteiger partial charge in [-0.05, 0) is 13.8 Å². The fraction of sp³-hybridized carbons (Fsp3) is 0.700. The van der Waals surface area contributed by atoms with Crippen LogP contribution in [0.3, 0.4) is 0 Å². The quantitative estimate of drug-likeness (QED) is 0.509. The maximum Gasteiger partial charge on any atom is 0.330 e. The molecule has 2 rings (SSSR count). The van der Waals surface area contributed by atoms with Crippen LogP contribution in [0.1, 0.15) is 20.3 Å². The number of hydrogen-bond donors (Lipinski definition) is 1. The average molecular weight is 291 g/mol. The number of esters is 1. The van der Waals surface area contributed by atoms with Gasteiger partial charge in [-0.3, -0.25) is 9.59 Å². The van der Waals surface area contributed by atoms with Crippen LogP contribution < -0.4 is 0 Å². The molecule has 2 aliphatic heterocycles. The van der Waals surface area contributed by atoms with Crippen LogP contribution in [0.4, 0.5) is 0 Å². The molecule has 1 amide bonds. The van der Waals surface area contributed by atoms with Crippen molar-refractivity contribution >= 4 is 27.7 Å². The predicted octanol–water partition coefficient (Wildman–Crippen LogP) is -1.25. The Balaban J connectivity index is 2.58. The Morgan fingerprint density at radius 3 is 2.53 bits per heavy atom. The molecule has 0 saturated carbocycles. The third-order valence-corrected chi connectivity index (χ3v) is 6.29. The first-order chi connectivity index (χ1) is 8.69. The van der Waals surface area contributed by atoms with Gasteiger partial charge >= 0.3 is 11.9 Å². The monoisotopic (exact) mass is 291 g/mol. The van der Waals surface area contributed by atoms with Gasteiger partial charge in [-0.25, -0.2) is 13.2 Å². The van der Waals surface area contributed by atoms with E-state index in [0.29, 0.717) is 0 Å². The normalized spacial score (nSPS) is 35.5. The van der Waals surface area contributed by atoms with Gasteiger partial charge in [0.2, 0.25) is 5.91 Å². The molecule has 0 bridgehead atoms. The standard InChI is InChI=1S/C10H13NO7S/c1-3-18-9(15)10(2)7(8(13)14)11-5(12)4-6(11)19(10,16)17/h6-7H,3-4H2,1-2H3,(H,13,14)/t6-,7+,10-/m1/s1. The van der Waals surface area contributed by atoms with E-state index >= 15 is 0 Å². The van der Waals surface area contributed by atoms with Gasteiger partial charge in [-0.1, -0.05) is 0 Å². The zero-order chi connectivity index (χ0) is 14.6. The summed E-state index contributed by atoms with van der Waals surface area (Å²) in [6.45, 7) is 2.41. The topological polar surface area (TPSA) is 118 Å². The van der Waals surface area contributed by atoms with Crippen molar-refractivity contribution in [2.75, 3.05) is 6.61 Å². The van der Waals surface area contributed by atoms with Gasteiger partial charge in [-0.2, -0.15) is 0 Å². The van der Waals surface area contributed by atoms with Crippen molar-refractivity contribution < 1.29 is 32.6 Å². The van der Waals surface area contributed by atoms with Crippen LogP contribution in [0.2, 0.25) is 0 Å². The van der Waals surface area contributed by atoms with Crippen molar-refractivity contribution in [2.45, 2.75) is 36.4 Å². The summed E-state index contributed by atoms with van der Waals surface area (Å²) in [4.78, 5) is 35.4. The summed E-state index contributed by atoms with van der Waals surface area (Å²) in [5, 5.41) is 7.93. The summed E-state index contributed by atoms with van der Waals surface area (Å²) in [6, 6.07) is -1.73. The molecule has 0 unspecified atom stereocenters. The van der Waals surface area contributed by atoms with Gasteiger partial charge in [0.15, 0.2) is 20.6 Å². The van der Waals surface area contributed by atoms with Gasteiger partial charge in [0.25, 0.3) is 0 Å². The van der Waals surface area contributed by atoms with Gasteiger partial charge in [0.05, 0.1) is 13.0 Å². The van der Waals surface area contributed by atoms with Crippen molar-refractivity contribution in [1.29, 1.82) is 0 Å². The zero-order valence-electron chi connectivity index (χ0n) is 10.3. The predicted molar refractivity (Wildman–Crippen MR) is 60.6 cm³/mol. The van der Waals surface area contributed by atoms with E-state index in [-0.39, 0.29) is 13.0 Å². The molecule has 0 aromatic carbocycles. The number of nitrogens with zero attached hydrogens (tertiary/aromatic N) is 1. The SMILES string of the molecule is CCOC(=O)[C@@]1(C)[C@H](C(=O)O)N2C(=O)C[C@H]2S1(=O)=O. The summed E-state index contributed by atoms with van der Waals surface area (Å²) >= 11 is 0. The summed E-state index contributed by atoms with van der Waals surface area (Å²) in [6.07, 6.45) is -0.291. The van der Waals surface area contributed by atoms with Gasteiger partial charge in [0.1, 0.15) is 5.37 Å². The number of sulfone groups is 1. The number of ether oxygens (including phenoxy) is 1. The summed E-state index contributed by atoms with van der Waals surface area (Å²) in [5.74, 6) is -3.26. The second-order valence-corrected chi connectivity index (χ2v) is 7.06. The summed E-state index contributed by atoms with van der Waals surface area (Å²) in [7, 11) is -4.13. The molecule has 1 N–H and O–H groups in total. The molecule has 106 valence electrons. The minimum atomic E-state index is -4.13. The number of hydrogen-bond acceptors (Lipinski definition) is 6. The number of β-lactam (4-membered cyclic amide) rings is 1. The second-order valence-electron chi connectivity index (χ2n) is 4.57. The van der Waals surface area contributed by atoms with Crippen molar-refractivity contribution in [1.82, 2.24) is 4.90 Å². The third kappa shape index (κ3) is 1.44. The Bertz CT molecular complexity index is 568. The molecule has 3 atom stereocenters. The summed E-state index contributed by atoms with van der Waals surface area (Å²) in [5.41, 5.74) is 0. The number of amides is 1. The van der Waals surface area contributed by atoms with Crippen molar-refractivity contribution in [3.05, 3.63) is 0 Å². The van der Waals surface area contributed by atoms with E-state index in [9.17, 15) is 27.9 Å². The maximum absolute atomic E-state index is 12.3. The lowest BCUT2D eigenvalue weighted by Crippen LogP contribution is -2.59. The average Bonchev–Trinajstić information content (AvgIpc) is 2.44. The largest absolute Gasteiger partial charge is 0.480 e. The molecule has 0 spiro atoms. The highest BCUT2D eigenvalue weighted by Crippen LogP contribution is 2.46. The molecule has 2 saturated heterocycles. The Labute approximate surface area is 109 Å². The molecular weight excluding hydrogens is 278 g/mol. The first-order valence-electron chi connectivity index (χ1n) is 5.64. The maximum atomic E-state index is 12.3. The molecule has 2 aliphatic rings. The highest BCUT2D eigenvalue weighted by Gasteiger charge is 2.73. The van der Waals surface area contributed by atoms with Crippen LogP contribution in [-0.4, -0.2) is 59.0 Å². The zero-order valence-corrected chi connectivity index (χ0v) is 11.1. The summed E-state index contributed by atoms with van der Waals surface area (Å²) < 4.78 is 27.0. The number of aliphatic carboxylic acids is 1. The Morgan fingerprint density at radius 1 is 1.53 bits per heavy atom. The van der Waals surface area contributed by atoms with Crippen molar-refractivity contribution in [2.24, 2.45) is 0 Å². The molecule has 8 nitrogen and oxygen atoms in total. The lowest BCUT2D eigenvalue weighted by molar-refractivity contribution is -0.162. The fourth-order valence-corrected chi connectivity index (χ4v) is 4.81. The van der Waals surface area contributed by atoms with E-state index in [0.717, 1.165) is 11.8 Å². The number of fused-ring (bicyclic) bond motifs is 1. The van der Waals surface area contributed by atoms with Crippen LogP contribution >= 0.6 is 0 Å². The van der Waals surface area contributed by atoms with Crippen molar-refractivity contribution in [3.63, 3.8) is 0 Å². The Kier molecular flexibility index (Phi) is 2.85. The van der Waals surface area contributed by atoms with Crippen molar-refractivity contribution in [3.8, 4) is 0 Å². The molecule has 0 radical (unpaired) electrons. The van der Waals surface area contributed by atoms with Crippen LogP contribution in [0.5, 0.6) is 0 Å². The smallest absolute Gasteiger partial charge is 0.330 e. The van der Waals surface area contributed by atoms with Gasteiger partial charge in [-0.15, -0.1) is 0 Å². The van der Waals surface area contributed by atoms with E-state index < -0.39 is 43.8 Å². The van der Waals surface area contributed by atoms with Crippen LogP contribution in [0, 0.1) is 0 Å². The van der Waals surface area contributed by atoms with Gasteiger partial charge in [0, 0.05) is 0 Å². The molecule has 0 aromatic heterocycles. The van der Waals surface area contributed by atoms with E-state index in [1.807, 2.05) is 0 Å². The number of rotatable bonds is 3. The number of carboxylic acids is 1. The van der Waals surface area contributed by atoms with Crippen LogP contribution in [0.25, 0.3) is 0 Å². The molecule has 19 heavy (non-hydrogen) atoms. The first-order valence-corrected chi connectivity index (χ1v) is 7.18.